The van der Waals surface area contributed by atoms with Gasteiger partial charge in [-0.2, -0.15) is 0 Å². The highest BCUT2D eigenvalue weighted by Gasteiger charge is 2.36. The average molecular weight is 552 g/mol. The van der Waals surface area contributed by atoms with Crippen LogP contribution in [-0.2, 0) is 20.8 Å². The Bertz CT molecular complexity index is 1410. The minimum atomic E-state index is -2.00. The molecule has 0 aliphatic rings. The fourth-order valence-electron chi connectivity index (χ4n) is 7.56. The maximum absolute atomic E-state index is 13.8. The van der Waals surface area contributed by atoms with Gasteiger partial charge in [-0.1, -0.05) is 116 Å². The normalized spacial score (nSPS) is 14.9. The summed E-state index contributed by atoms with van der Waals surface area (Å²) in [5, 5.41) is 2.99. The summed E-state index contributed by atoms with van der Waals surface area (Å²) in [7, 11) is -2.00. The minimum Gasteiger partial charge on any atom is -0.249 e. The van der Waals surface area contributed by atoms with Gasteiger partial charge in [0.1, 0.15) is 0 Å². The summed E-state index contributed by atoms with van der Waals surface area (Å²) in [5.74, 6) is 0. The predicted octanol–water partition coefficient (Wildman–Crippen LogP) is 12.5. The fourth-order valence-corrected chi connectivity index (χ4v) is 8.66. The van der Waals surface area contributed by atoms with E-state index in [2.05, 4.69) is 134 Å². The van der Waals surface area contributed by atoms with Gasteiger partial charge >= 0.3 is 7.65 Å². The monoisotopic (exact) mass is 551 g/mol. The standard InChI is InChI=1S/C36H56O2P/c1-31(2,3)21-34(10,11)24-16-17-26-27-18-25(35(12,13)22-32(4,5)6)19-28(36(14,15)23-33(7,8)9)30(27)38-39(37)29(26)20-24/h16-20H,21-23H2,1-15H3/q+1. The molecule has 0 amide bonds. The Balaban J connectivity index is 2.40. The van der Waals surface area contributed by atoms with E-state index in [1.165, 1.54) is 16.7 Å². The zero-order valence-electron chi connectivity index (χ0n) is 27.8. The van der Waals surface area contributed by atoms with Crippen molar-refractivity contribution >= 4 is 29.1 Å². The highest BCUT2D eigenvalue weighted by molar-refractivity contribution is 7.37. The molecule has 2 aromatic carbocycles. The Hall–Kier alpha value is -1.66. The molecule has 0 bridgehead atoms. The first-order valence-corrected chi connectivity index (χ1v) is 16.0. The first-order valence-electron chi connectivity index (χ1n) is 14.8. The third-order valence-electron chi connectivity index (χ3n) is 7.96. The topological polar surface area (TPSA) is 30.2 Å². The van der Waals surface area contributed by atoms with E-state index in [1.54, 1.807) is 0 Å². The molecule has 0 N–H and O–H groups in total. The lowest BCUT2D eigenvalue weighted by Gasteiger charge is -2.36. The molecule has 3 aromatic rings. The summed E-state index contributed by atoms with van der Waals surface area (Å²) in [6, 6.07) is 11.3. The lowest BCUT2D eigenvalue weighted by atomic mass is 9.68. The van der Waals surface area contributed by atoms with Gasteiger partial charge in [-0.15, -0.1) is 0 Å². The fraction of sp³-hybridized carbons (Fsp3) is 0.667. The van der Waals surface area contributed by atoms with Crippen LogP contribution in [0.15, 0.2) is 34.5 Å². The maximum atomic E-state index is 13.8. The number of hydrogen-bond acceptors (Lipinski definition) is 2. The Morgan fingerprint density at radius 1 is 0.564 bits per heavy atom. The van der Waals surface area contributed by atoms with Crippen LogP contribution < -0.4 is 0 Å². The molecule has 216 valence electrons. The number of rotatable bonds is 6. The molecule has 1 unspecified atom stereocenters. The highest BCUT2D eigenvalue weighted by atomic mass is 31.1. The van der Waals surface area contributed by atoms with E-state index in [0.717, 1.165) is 40.7 Å². The first kappa shape index (κ1) is 31.9. The van der Waals surface area contributed by atoms with Gasteiger partial charge in [0.15, 0.2) is 5.58 Å². The van der Waals surface area contributed by atoms with Gasteiger partial charge in [0.2, 0.25) is 5.12 Å². The second kappa shape index (κ2) is 10.0. The summed E-state index contributed by atoms with van der Waals surface area (Å²) in [6.07, 6.45) is 3.12. The summed E-state index contributed by atoms with van der Waals surface area (Å²) >= 11 is 0. The van der Waals surface area contributed by atoms with E-state index in [9.17, 15) is 4.57 Å². The van der Waals surface area contributed by atoms with Crippen LogP contribution in [0.2, 0.25) is 0 Å². The van der Waals surface area contributed by atoms with Crippen LogP contribution in [0, 0.1) is 16.2 Å². The summed E-state index contributed by atoms with van der Waals surface area (Å²) in [4.78, 5) is 0. The third kappa shape index (κ3) is 7.55. The Labute approximate surface area is 240 Å². The van der Waals surface area contributed by atoms with Gasteiger partial charge in [-0.25, -0.2) is 4.20 Å². The van der Waals surface area contributed by atoms with Gasteiger partial charge in [0, 0.05) is 16.3 Å². The lowest BCUT2D eigenvalue weighted by Crippen LogP contribution is -2.28. The Kier molecular flexibility index (Phi) is 8.18. The van der Waals surface area contributed by atoms with Gasteiger partial charge in [-0.3, -0.25) is 0 Å². The molecule has 39 heavy (non-hydrogen) atoms. The van der Waals surface area contributed by atoms with E-state index in [-0.39, 0.29) is 32.5 Å². The molecule has 2 nitrogen and oxygen atoms in total. The van der Waals surface area contributed by atoms with Crippen molar-refractivity contribution in [1.82, 2.24) is 0 Å². The molecular formula is C36H56O2P+. The number of hydrogen-bond donors (Lipinski definition) is 0. The van der Waals surface area contributed by atoms with Crippen LogP contribution in [0.25, 0.3) is 21.5 Å². The van der Waals surface area contributed by atoms with Crippen LogP contribution in [0.5, 0.6) is 0 Å². The van der Waals surface area contributed by atoms with Crippen molar-refractivity contribution in [2.24, 2.45) is 16.2 Å². The highest BCUT2D eigenvalue weighted by Crippen LogP contribution is 2.48. The van der Waals surface area contributed by atoms with Gasteiger partial charge in [-0.05, 0) is 85.6 Å². The molecule has 0 spiro atoms. The summed E-state index contributed by atoms with van der Waals surface area (Å²) < 4.78 is 20.2. The molecular weight excluding hydrogens is 495 g/mol. The lowest BCUT2D eigenvalue weighted by molar-refractivity contribution is 0.279. The largest absolute Gasteiger partial charge is 0.597 e. The van der Waals surface area contributed by atoms with Crippen LogP contribution in [0.4, 0.5) is 0 Å². The Morgan fingerprint density at radius 2 is 1.03 bits per heavy atom. The molecule has 0 fully saturated rings. The predicted molar refractivity (Wildman–Crippen MR) is 173 cm³/mol. The van der Waals surface area contributed by atoms with Crippen molar-refractivity contribution in [3.63, 3.8) is 0 Å². The maximum Gasteiger partial charge on any atom is 0.597 e. The second-order valence-electron chi connectivity index (χ2n) is 17.8. The van der Waals surface area contributed by atoms with E-state index in [0.29, 0.717) is 0 Å². The quantitative estimate of drug-likeness (QED) is 0.285. The van der Waals surface area contributed by atoms with Crippen molar-refractivity contribution in [3.05, 3.63) is 47.0 Å². The third-order valence-corrected chi connectivity index (χ3v) is 9.07. The second-order valence-corrected chi connectivity index (χ2v) is 19.0. The van der Waals surface area contributed by atoms with Gasteiger partial charge in [0.25, 0.3) is 0 Å². The zero-order chi connectivity index (χ0) is 30.0. The zero-order valence-corrected chi connectivity index (χ0v) is 28.7. The van der Waals surface area contributed by atoms with Crippen molar-refractivity contribution in [3.8, 4) is 0 Å². The van der Waals surface area contributed by atoms with E-state index >= 15 is 0 Å². The van der Waals surface area contributed by atoms with Crippen LogP contribution >= 0.6 is 7.65 Å². The molecule has 3 rings (SSSR count). The molecule has 0 radical (unpaired) electrons. The van der Waals surface area contributed by atoms with Crippen molar-refractivity contribution in [1.29, 1.82) is 0 Å². The van der Waals surface area contributed by atoms with E-state index in [4.69, 9.17) is 4.20 Å². The van der Waals surface area contributed by atoms with Crippen molar-refractivity contribution in [2.45, 2.75) is 139 Å². The molecule has 0 saturated carbocycles. The molecule has 0 aliphatic carbocycles. The molecule has 0 saturated heterocycles. The van der Waals surface area contributed by atoms with Crippen molar-refractivity contribution < 1.29 is 8.76 Å². The van der Waals surface area contributed by atoms with Crippen molar-refractivity contribution in [2.75, 3.05) is 0 Å². The molecule has 0 aliphatic heterocycles. The first-order chi connectivity index (χ1) is 17.3. The van der Waals surface area contributed by atoms with Gasteiger partial charge < -0.3 is 0 Å². The van der Waals surface area contributed by atoms with Crippen LogP contribution in [0.3, 0.4) is 0 Å². The number of benzene rings is 2. The molecule has 1 aromatic heterocycles. The van der Waals surface area contributed by atoms with Crippen LogP contribution in [0.1, 0.15) is 140 Å². The summed E-state index contributed by atoms with van der Waals surface area (Å²) in [5.41, 5.74) is 4.91. The summed E-state index contributed by atoms with van der Waals surface area (Å²) in [6.45, 7) is 34.7. The molecule has 1 heterocycles. The van der Waals surface area contributed by atoms with E-state index in [1.807, 2.05) is 0 Å². The van der Waals surface area contributed by atoms with Gasteiger partial charge in [0.05, 0.1) is 0 Å². The SMILES string of the molecule is CC(C)(C)CC(C)(C)c1cc(C(C)(C)CC(C)(C)C)c2o[p+](=O)c3cc(C(C)(C)CC(C)(C)C)ccc3c2c1. The van der Waals surface area contributed by atoms with E-state index < -0.39 is 7.65 Å². The molecule has 1 atom stereocenters. The minimum absolute atomic E-state index is 0.0196. The number of fused-ring (bicyclic) bond motifs is 3. The smallest absolute Gasteiger partial charge is 0.249 e. The molecule has 3 heteroatoms. The Morgan fingerprint density at radius 3 is 1.51 bits per heavy atom. The van der Waals surface area contributed by atoms with Crippen LogP contribution in [-0.4, -0.2) is 0 Å². The average Bonchev–Trinajstić information content (AvgIpc) is 2.67.